The number of benzene rings is 2. The minimum Gasteiger partial charge on any atom is -0.421 e. The molecule has 0 bridgehead atoms. The number of hydrogen-bond donors (Lipinski definition) is 1. The molecule has 0 atom stereocenters. The third-order valence-electron chi connectivity index (χ3n) is 5.49. The second kappa shape index (κ2) is 9.53. The molecule has 2 aromatic rings. The van der Waals surface area contributed by atoms with E-state index in [1.807, 2.05) is 0 Å². The highest BCUT2D eigenvalue weighted by Gasteiger charge is 2.42. The standard InChI is InChI=1S/C23H19Cl3N2O4/c24-14-8-11-18(17(25)12-14)32-23(31)13-6-9-15(10-7-13)27-20-19(26)21(29)28(22(20)30)16-4-2-1-3-5-16/h6-12,16,27H,1-5H2. The van der Waals surface area contributed by atoms with Crippen LogP contribution < -0.4 is 10.1 Å². The van der Waals surface area contributed by atoms with E-state index in [1.165, 1.54) is 29.2 Å². The second-order valence-corrected chi connectivity index (χ2v) is 8.85. The number of ether oxygens (including phenoxy) is 1. The van der Waals surface area contributed by atoms with Crippen LogP contribution in [-0.2, 0) is 9.59 Å². The zero-order chi connectivity index (χ0) is 22.8. The van der Waals surface area contributed by atoms with E-state index >= 15 is 0 Å². The maximum atomic E-state index is 12.9. The summed E-state index contributed by atoms with van der Waals surface area (Å²) in [4.78, 5) is 39.1. The summed E-state index contributed by atoms with van der Waals surface area (Å²) < 4.78 is 5.30. The van der Waals surface area contributed by atoms with Crippen LogP contribution in [0.5, 0.6) is 5.75 Å². The van der Waals surface area contributed by atoms with Crippen molar-refractivity contribution < 1.29 is 19.1 Å². The summed E-state index contributed by atoms with van der Waals surface area (Å²) in [5.41, 5.74) is 0.829. The van der Waals surface area contributed by atoms with Crippen molar-refractivity contribution in [2.24, 2.45) is 0 Å². The fourth-order valence-corrected chi connectivity index (χ4v) is 4.52. The largest absolute Gasteiger partial charge is 0.421 e. The van der Waals surface area contributed by atoms with E-state index in [0.29, 0.717) is 10.7 Å². The van der Waals surface area contributed by atoms with Gasteiger partial charge in [0.1, 0.15) is 16.5 Å². The quantitative estimate of drug-likeness (QED) is 0.325. The monoisotopic (exact) mass is 492 g/mol. The Morgan fingerprint density at radius 3 is 2.28 bits per heavy atom. The average Bonchev–Trinajstić information content (AvgIpc) is 3.00. The van der Waals surface area contributed by atoms with Gasteiger partial charge >= 0.3 is 5.97 Å². The Bertz CT molecular complexity index is 1110. The smallest absolute Gasteiger partial charge is 0.343 e. The molecule has 2 aliphatic rings. The summed E-state index contributed by atoms with van der Waals surface area (Å²) in [7, 11) is 0. The van der Waals surface area contributed by atoms with Crippen LogP contribution in [0.4, 0.5) is 5.69 Å². The van der Waals surface area contributed by atoms with Gasteiger partial charge < -0.3 is 10.1 Å². The normalized spacial score (nSPS) is 17.2. The lowest BCUT2D eigenvalue weighted by atomic mass is 9.94. The number of imide groups is 1. The van der Waals surface area contributed by atoms with Crippen LogP contribution in [0.25, 0.3) is 0 Å². The van der Waals surface area contributed by atoms with E-state index in [0.717, 1.165) is 32.1 Å². The fraction of sp³-hybridized carbons (Fsp3) is 0.261. The minimum absolute atomic E-state index is 0.0468. The van der Waals surface area contributed by atoms with E-state index < -0.39 is 17.8 Å². The van der Waals surface area contributed by atoms with Crippen LogP contribution in [0.3, 0.4) is 0 Å². The number of halogens is 3. The lowest BCUT2D eigenvalue weighted by molar-refractivity contribution is -0.140. The van der Waals surface area contributed by atoms with Crippen LogP contribution in [0.2, 0.25) is 10.0 Å². The van der Waals surface area contributed by atoms with Gasteiger partial charge in [-0.2, -0.15) is 0 Å². The van der Waals surface area contributed by atoms with Gasteiger partial charge in [0.25, 0.3) is 11.8 Å². The third-order valence-corrected chi connectivity index (χ3v) is 6.37. The first-order valence-electron chi connectivity index (χ1n) is 10.2. The van der Waals surface area contributed by atoms with Crippen molar-refractivity contribution in [1.29, 1.82) is 0 Å². The van der Waals surface area contributed by atoms with Crippen molar-refractivity contribution in [2.75, 3.05) is 5.32 Å². The fourth-order valence-electron chi connectivity index (χ4n) is 3.85. The number of nitrogens with one attached hydrogen (secondary N) is 1. The molecular weight excluding hydrogens is 475 g/mol. The molecule has 1 saturated carbocycles. The Labute approximate surface area is 200 Å². The minimum atomic E-state index is -0.603. The summed E-state index contributed by atoms with van der Waals surface area (Å²) in [6.07, 6.45) is 4.67. The molecule has 32 heavy (non-hydrogen) atoms. The van der Waals surface area contributed by atoms with E-state index in [2.05, 4.69) is 5.32 Å². The molecule has 1 N–H and O–H groups in total. The number of hydrogen-bond acceptors (Lipinski definition) is 5. The lowest BCUT2D eigenvalue weighted by Gasteiger charge is -2.29. The first kappa shape index (κ1) is 22.6. The van der Waals surface area contributed by atoms with Gasteiger partial charge in [-0.15, -0.1) is 0 Å². The van der Waals surface area contributed by atoms with Gasteiger partial charge in [0.15, 0.2) is 0 Å². The molecule has 4 rings (SSSR count). The second-order valence-electron chi connectivity index (χ2n) is 7.63. The average molecular weight is 494 g/mol. The van der Waals surface area contributed by atoms with Crippen molar-refractivity contribution >= 4 is 58.3 Å². The topological polar surface area (TPSA) is 75.7 Å². The highest BCUT2D eigenvalue weighted by Crippen LogP contribution is 2.32. The Kier molecular flexibility index (Phi) is 6.74. The number of nitrogens with zero attached hydrogens (tertiary/aromatic N) is 1. The molecule has 1 fully saturated rings. The third kappa shape index (κ3) is 4.63. The van der Waals surface area contributed by atoms with Crippen LogP contribution >= 0.6 is 34.8 Å². The predicted molar refractivity (Wildman–Crippen MR) is 123 cm³/mol. The highest BCUT2D eigenvalue weighted by atomic mass is 35.5. The summed E-state index contributed by atoms with van der Waals surface area (Å²) in [6.45, 7) is 0. The number of esters is 1. The Morgan fingerprint density at radius 2 is 1.62 bits per heavy atom. The number of anilines is 1. The molecule has 1 aliphatic heterocycles. The maximum Gasteiger partial charge on any atom is 0.343 e. The number of carbonyl (C=O) groups is 3. The first-order chi connectivity index (χ1) is 15.3. The zero-order valence-corrected chi connectivity index (χ0v) is 19.1. The van der Waals surface area contributed by atoms with Gasteiger partial charge in [-0.1, -0.05) is 54.1 Å². The summed E-state index contributed by atoms with van der Waals surface area (Å²) >= 11 is 18.1. The summed E-state index contributed by atoms with van der Waals surface area (Å²) in [5.74, 6) is -1.30. The number of carbonyl (C=O) groups excluding carboxylic acids is 3. The van der Waals surface area contributed by atoms with Crippen molar-refractivity contribution in [2.45, 2.75) is 38.1 Å². The van der Waals surface area contributed by atoms with Crippen LogP contribution in [0.1, 0.15) is 42.5 Å². The van der Waals surface area contributed by atoms with Crippen molar-refractivity contribution in [3.63, 3.8) is 0 Å². The molecule has 2 amide bonds. The number of amides is 2. The molecule has 0 unspecified atom stereocenters. The molecule has 6 nitrogen and oxygen atoms in total. The molecule has 0 aromatic heterocycles. The van der Waals surface area contributed by atoms with Crippen molar-refractivity contribution in [1.82, 2.24) is 4.90 Å². The van der Waals surface area contributed by atoms with Gasteiger partial charge in [-0.05, 0) is 55.3 Å². The van der Waals surface area contributed by atoms with Gasteiger partial charge in [-0.3, -0.25) is 14.5 Å². The van der Waals surface area contributed by atoms with Gasteiger partial charge in [0, 0.05) is 16.8 Å². The van der Waals surface area contributed by atoms with Gasteiger partial charge in [0.2, 0.25) is 0 Å². The van der Waals surface area contributed by atoms with E-state index in [1.54, 1.807) is 18.2 Å². The summed E-state index contributed by atoms with van der Waals surface area (Å²) in [6, 6.07) is 10.7. The van der Waals surface area contributed by atoms with E-state index in [9.17, 15) is 14.4 Å². The van der Waals surface area contributed by atoms with E-state index in [-0.39, 0.29) is 33.1 Å². The molecule has 9 heteroatoms. The highest BCUT2D eigenvalue weighted by molar-refractivity contribution is 6.48. The Hall–Kier alpha value is -2.54. The van der Waals surface area contributed by atoms with Crippen molar-refractivity contribution in [3.8, 4) is 5.75 Å². The van der Waals surface area contributed by atoms with Crippen LogP contribution in [0.15, 0.2) is 53.2 Å². The predicted octanol–water partition coefficient (Wildman–Crippen LogP) is 5.78. The first-order valence-corrected chi connectivity index (χ1v) is 11.3. The number of rotatable bonds is 5. The van der Waals surface area contributed by atoms with E-state index in [4.69, 9.17) is 39.5 Å². The zero-order valence-electron chi connectivity index (χ0n) is 16.9. The summed E-state index contributed by atoms with van der Waals surface area (Å²) in [5, 5.41) is 3.45. The Morgan fingerprint density at radius 1 is 0.938 bits per heavy atom. The SMILES string of the molecule is O=C(Oc1ccc(Cl)cc1Cl)c1ccc(NC2=C(Cl)C(=O)N(C3CCCCC3)C2=O)cc1. The van der Waals surface area contributed by atoms with Crippen LogP contribution in [0, 0.1) is 0 Å². The Balaban J connectivity index is 1.44. The molecule has 0 radical (unpaired) electrons. The van der Waals surface area contributed by atoms with Crippen LogP contribution in [-0.4, -0.2) is 28.7 Å². The lowest BCUT2D eigenvalue weighted by Crippen LogP contribution is -2.42. The van der Waals surface area contributed by atoms with Gasteiger partial charge in [-0.25, -0.2) is 4.79 Å². The molecule has 0 saturated heterocycles. The molecule has 0 spiro atoms. The molecule has 1 aliphatic carbocycles. The maximum absolute atomic E-state index is 12.9. The van der Waals surface area contributed by atoms with Gasteiger partial charge in [0.05, 0.1) is 10.6 Å². The molecular formula is C23H19Cl3N2O4. The molecule has 166 valence electrons. The van der Waals surface area contributed by atoms with Crippen molar-refractivity contribution in [3.05, 3.63) is 68.8 Å². The molecule has 2 aromatic carbocycles. The molecule has 1 heterocycles.